The van der Waals surface area contributed by atoms with Crippen molar-refractivity contribution in [3.8, 4) is 17.6 Å². The predicted octanol–water partition coefficient (Wildman–Crippen LogP) is 1.51. The standard InChI is InChI=1S/C23H26N4O5S/c1-17(18-6-7-20-21(14-18)32-13-12-31-20)25-23(28)16-26-8-10-27(11-9-26)33(29,30)22-5-3-2-4-19(22)15-24/h2-7,14,17H,8-13,16H2,1H3,(H,25,28)/t17-/m1/s1. The van der Waals surface area contributed by atoms with Gasteiger partial charge in [-0.3, -0.25) is 9.69 Å². The van der Waals surface area contributed by atoms with E-state index in [-0.39, 0.29) is 42.0 Å². The second kappa shape index (κ2) is 9.79. The van der Waals surface area contributed by atoms with E-state index < -0.39 is 10.0 Å². The SMILES string of the molecule is C[C@@H](NC(=O)CN1CCN(S(=O)(=O)c2ccccc2C#N)CC1)c1ccc2c(c1)OCCO2. The first-order chi connectivity index (χ1) is 15.9. The van der Waals surface area contributed by atoms with Crippen molar-refractivity contribution in [3.63, 3.8) is 0 Å². The fourth-order valence-electron chi connectivity index (χ4n) is 3.95. The number of piperazine rings is 1. The molecule has 0 aromatic heterocycles. The van der Waals surface area contributed by atoms with Gasteiger partial charge in [-0.15, -0.1) is 0 Å². The number of hydrogen-bond acceptors (Lipinski definition) is 7. The quantitative estimate of drug-likeness (QED) is 0.681. The molecule has 33 heavy (non-hydrogen) atoms. The summed E-state index contributed by atoms with van der Waals surface area (Å²) in [5.74, 6) is 1.24. The largest absolute Gasteiger partial charge is 0.486 e. The minimum absolute atomic E-state index is 0.0203. The Labute approximate surface area is 193 Å². The maximum atomic E-state index is 13.0. The molecule has 2 aliphatic heterocycles. The highest BCUT2D eigenvalue weighted by molar-refractivity contribution is 7.89. The average Bonchev–Trinajstić information content (AvgIpc) is 2.84. The Bertz CT molecular complexity index is 1170. The number of carbonyl (C=O) groups is 1. The number of sulfonamides is 1. The minimum atomic E-state index is -3.76. The lowest BCUT2D eigenvalue weighted by atomic mass is 10.1. The second-order valence-corrected chi connectivity index (χ2v) is 9.89. The number of ether oxygens (including phenoxy) is 2. The van der Waals surface area contributed by atoms with Crippen molar-refractivity contribution < 1.29 is 22.7 Å². The lowest BCUT2D eigenvalue weighted by Crippen LogP contribution is -2.51. The van der Waals surface area contributed by atoms with Gasteiger partial charge in [0.05, 0.1) is 23.0 Å². The number of nitrogens with one attached hydrogen (secondary N) is 1. The number of hydrogen-bond donors (Lipinski definition) is 1. The van der Waals surface area contributed by atoms with Crippen LogP contribution in [0.2, 0.25) is 0 Å². The van der Waals surface area contributed by atoms with E-state index in [9.17, 15) is 18.5 Å². The van der Waals surface area contributed by atoms with Crippen LogP contribution in [0, 0.1) is 11.3 Å². The molecular formula is C23H26N4O5S. The monoisotopic (exact) mass is 470 g/mol. The first kappa shape index (κ1) is 23.0. The Hall–Kier alpha value is -3.13. The van der Waals surface area contributed by atoms with Crippen LogP contribution in [0.4, 0.5) is 0 Å². The molecule has 10 heteroatoms. The van der Waals surface area contributed by atoms with Crippen LogP contribution in [-0.2, 0) is 14.8 Å². The van der Waals surface area contributed by atoms with Crippen LogP contribution in [-0.4, -0.2) is 69.5 Å². The summed E-state index contributed by atoms with van der Waals surface area (Å²) in [6.07, 6.45) is 0. The Morgan fingerprint density at radius 2 is 1.79 bits per heavy atom. The van der Waals surface area contributed by atoms with Gasteiger partial charge in [-0.2, -0.15) is 9.57 Å². The molecule has 0 radical (unpaired) electrons. The summed E-state index contributed by atoms with van der Waals surface area (Å²) in [7, 11) is -3.76. The van der Waals surface area contributed by atoms with E-state index in [1.165, 1.54) is 16.4 Å². The third-order valence-corrected chi connectivity index (χ3v) is 7.72. The molecule has 0 aliphatic carbocycles. The van der Waals surface area contributed by atoms with Gasteiger partial charge in [-0.1, -0.05) is 18.2 Å². The van der Waals surface area contributed by atoms with Crippen LogP contribution >= 0.6 is 0 Å². The molecule has 0 bridgehead atoms. The van der Waals surface area contributed by atoms with Crippen molar-refractivity contribution in [1.29, 1.82) is 5.26 Å². The van der Waals surface area contributed by atoms with Crippen LogP contribution in [0.5, 0.6) is 11.5 Å². The maximum absolute atomic E-state index is 13.0. The van der Waals surface area contributed by atoms with Crippen molar-refractivity contribution in [2.45, 2.75) is 17.9 Å². The summed E-state index contributed by atoms with van der Waals surface area (Å²) in [6, 6.07) is 13.5. The third-order valence-electron chi connectivity index (χ3n) is 5.77. The molecule has 174 valence electrons. The van der Waals surface area contributed by atoms with Crippen LogP contribution in [0.1, 0.15) is 24.1 Å². The third kappa shape index (κ3) is 5.11. The molecule has 2 aromatic rings. The van der Waals surface area contributed by atoms with Gasteiger partial charge in [-0.25, -0.2) is 8.42 Å². The molecule has 0 saturated carbocycles. The molecule has 1 atom stereocenters. The molecule has 0 unspecified atom stereocenters. The Morgan fingerprint density at radius 3 is 2.52 bits per heavy atom. The molecule has 1 amide bonds. The smallest absolute Gasteiger partial charge is 0.244 e. The first-order valence-electron chi connectivity index (χ1n) is 10.8. The number of benzene rings is 2. The normalized spacial score (nSPS) is 17.7. The number of nitrogens with zero attached hydrogens (tertiary/aromatic N) is 3. The Morgan fingerprint density at radius 1 is 1.09 bits per heavy atom. The highest BCUT2D eigenvalue weighted by atomic mass is 32.2. The zero-order chi connectivity index (χ0) is 23.4. The van der Waals surface area contributed by atoms with Crippen molar-refractivity contribution in [2.75, 3.05) is 45.9 Å². The summed E-state index contributed by atoms with van der Waals surface area (Å²) < 4.78 is 38.4. The van der Waals surface area contributed by atoms with Gasteiger partial charge in [-0.05, 0) is 36.8 Å². The van der Waals surface area contributed by atoms with Gasteiger partial charge in [0.15, 0.2) is 11.5 Å². The highest BCUT2D eigenvalue weighted by Gasteiger charge is 2.30. The maximum Gasteiger partial charge on any atom is 0.244 e. The lowest BCUT2D eigenvalue weighted by Gasteiger charge is -2.33. The zero-order valence-electron chi connectivity index (χ0n) is 18.4. The molecule has 1 saturated heterocycles. The van der Waals surface area contributed by atoms with Crippen LogP contribution in [0.25, 0.3) is 0 Å². The van der Waals surface area contributed by atoms with Crippen LogP contribution in [0.3, 0.4) is 0 Å². The molecular weight excluding hydrogens is 444 g/mol. The zero-order valence-corrected chi connectivity index (χ0v) is 19.2. The van der Waals surface area contributed by atoms with E-state index in [1.807, 2.05) is 36.1 Å². The van der Waals surface area contributed by atoms with E-state index in [4.69, 9.17) is 9.47 Å². The molecule has 1 N–H and O–H groups in total. The summed E-state index contributed by atoms with van der Waals surface area (Å²) >= 11 is 0. The van der Waals surface area contributed by atoms with Gasteiger partial charge in [0.1, 0.15) is 19.3 Å². The lowest BCUT2D eigenvalue weighted by molar-refractivity contribution is -0.123. The molecule has 2 aromatic carbocycles. The first-order valence-corrected chi connectivity index (χ1v) is 12.2. The second-order valence-electron chi connectivity index (χ2n) is 7.98. The van der Waals surface area contributed by atoms with Crippen molar-refractivity contribution >= 4 is 15.9 Å². The molecule has 4 rings (SSSR count). The van der Waals surface area contributed by atoms with Gasteiger partial charge in [0, 0.05) is 26.2 Å². The Kier molecular flexibility index (Phi) is 6.83. The highest BCUT2D eigenvalue weighted by Crippen LogP contribution is 2.32. The minimum Gasteiger partial charge on any atom is -0.486 e. The van der Waals surface area contributed by atoms with Crippen LogP contribution < -0.4 is 14.8 Å². The summed E-state index contributed by atoms with van der Waals surface area (Å²) in [4.78, 5) is 14.5. The summed E-state index contributed by atoms with van der Waals surface area (Å²) in [6.45, 7) is 4.48. The van der Waals surface area contributed by atoms with E-state index in [0.29, 0.717) is 37.8 Å². The Balaban J connectivity index is 1.31. The van der Waals surface area contributed by atoms with Gasteiger partial charge in [0.25, 0.3) is 0 Å². The number of amides is 1. The summed E-state index contributed by atoms with van der Waals surface area (Å²) in [5.41, 5.74) is 1.05. The van der Waals surface area contributed by atoms with Gasteiger partial charge < -0.3 is 14.8 Å². The van der Waals surface area contributed by atoms with Gasteiger partial charge in [0.2, 0.25) is 15.9 Å². The molecule has 2 aliphatic rings. The van der Waals surface area contributed by atoms with Gasteiger partial charge >= 0.3 is 0 Å². The van der Waals surface area contributed by atoms with Crippen LogP contribution in [0.15, 0.2) is 47.4 Å². The number of fused-ring (bicyclic) bond motifs is 1. The molecule has 1 fully saturated rings. The van der Waals surface area contributed by atoms with E-state index in [2.05, 4.69) is 5.32 Å². The predicted molar refractivity (Wildman–Crippen MR) is 120 cm³/mol. The number of rotatable bonds is 6. The number of carbonyl (C=O) groups excluding carboxylic acids is 1. The summed E-state index contributed by atoms with van der Waals surface area (Å²) in [5, 5.41) is 12.2. The molecule has 0 spiro atoms. The van der Waals surface area contributed by atoms with E-state index >= 15 is 0 Å². The van der Waals surface area contributed by atoms with Crippen molar-refractivity contribution in [2.24, 2.45) is 0 Å². The fourth-order valence-corrected chi connectivity index (χ4v) is 5.52. The molecule has 2 heterocycles. The number of nitriles is 1. The van der Waals surface area contributed by atoms with E-state index in [1.54, 1.807) is 12.1 Å². The van der Waals surface area contributed by atoms with Crippen molar-refractivity contribution in [1.82, 2.24) is 14.5 Å². The van der Waals surface area contributed by atoms with Crippen molar-refractivity contribution in [3.05, 3.63) is 53.6 Å². The molecule has 9 nitrogen and oxygen atoms in total. The van der Waals surface area contributed by atoms with E-state index in [0.717, 1.165) is 5.56 Å². The average molecular weight is 471 g/mol. The fraction of sp³-hybridized carbons (Fsp3) is 0.391. The topological polar surface area (TPSA) is 112 Å².